The first-order valence-electron chi connectivity index (χ1n) is 10.9. The maximum atomic E-state index is 14.1. The molecule has 4 rings (SSSR count). The molecule has 4 N–H and O–H groups in total. The Morgan fingerprint density at radius 2 is 1.62 bits per heavy atom. The summed E-state index contributed by atoms with van der Waals surface area (Å²) < 4.78 is 33.5. The Balaban J connectivity index is 1.31. The Hall–Kier alpha value is -3.53. The number of ether oxygens (including phenoxy) is 1. The van der Waals surface area contributed by atoms with E-state index < -0.39 is 54.9 Å². The second-order valence-electron chi connectivity index (χ2n) is 8.38. The summed E-state index contributed by atoms with van der Waals surface area (Å²) in [5.74, 6) is -9.37. The van der Waals surface area contributed by atoms with Crippen LogP contribution in [-0.2, 0) is 14.3 Å². The number of amides is 2. The van der Waals surface area contributed by atoms with Crippen LogP contribution in [0.4, 0.5) is 13.6 Å². The minimum Gasteiger partial charge on any atom is -0.480 e. The van der Waals surface area contributed by atoms with Gasteiger partial charge in [0, 0.05) is 25.5 Å². The number of aliphatic carboxylic acids is 1. The second kappa shape index (κ2) is 9.38. The molecule has 3 atom stereocenters. The molecule has 34 heavy (non-hydrogen) atoms. The quantitative estimate of drug-likeness (QED) is 0.442. The number of alkyl carbamates (subject to hydrolysis) is 1. The molecule has 0 aromatic heterocycles. The van der Waals surface area contributed by atoms with Gasteiger partial charge in [0.15, 0.2) is 0 Å². The van der Waals surface area contributed by atoms with Crippen molar-refractivity contribution in [1.29, 1.82) is 0 Å². The Labute approximate surface area is 193 Å². The van der Waals surface area contributed by atoms with E-state index in [0.29, 0.717) is 0 Å². The summed E-state index contributed by atoms with van der Waals surface area (Å²) in [5.41, 5.74) is 4.13. The van der Waals surface area contributed by atoms with Crippen LogP contribution in [0, 0.1) is 11.8 Å². The molecular weight excluding hydrogens is 450 g/mol. The molecular formula is C24H24F2N2O6. The average molecular weight is 474 g/mol. The third kappa shape index (κ3) is 4.45. The zero-order chi connectivity index (χ0) is 24.5. The molecule has 2 aromatic carbocycles. The maximum Gasteiger partial charge on any atom is 0.407 e. The first-order valence-corrected chi connectivity index (χ1v) is 10.9. The number of halogens is 2. The van der Waals surface area contributed by atoms with E-state index in [1.807, 2.05) is 53.8 Å². The Kier molecular flexibility index (Phi) is 6.52. The van der Waals surface area contributed by atoms with Gasteiger partial charge in [0.25, 0.3) is 5.92 Å². The lowest BCUT2D eigenvalue weighted by Crippen LogP contribution is -2.43. The van der Waals surface area contributed by atoms with Crippen molar-refractivity contribution in [1.82, 2.24) is 10.6 Å². The molecule has 0 aliphatic heterocycles. The van der Waals surface area contributed by atoms with Crippen molar-refractivity contribution in [3.8, 4) is 11.1 Å². The molecule has 0 radical (unpaired) electrons. The van der Waals surface area contributed by atoms with Crippen molar-refractivity contribution in [2.75, 3.05) is 19.8 Å². The number of aliphatic hydroxyl groups is 1. The van der Waals surface area contributed by atoms with Gasteiger partial charge in [0.05, 0.1) is 5.92 Å². The van der Waals surface area contributed by atoms with Crippen LogP contribution in [-0.4, -0.2) is 59.9 Å². The van der Waals surface area contributed by atoms with Crippen molar-refractivity contribution in [3.63, 3.8) is 0 Å². The summed E-state index contributed by atoms with van der Waals surface area (Å²) >= 11 is 0. The summed E-state index contributed by atoms with van der Waals surface area (Å²) in [6.45, 7) is -1.00. The molecule has 180 valence electrons. The minimum absolute atomic E-state index is 0.0201. The highest BCUT2D eigenvalue weighted by atomic mass is 19.3. The zero-order valence-electron chi connectivity index (χ0n) is 18.0. The fraction of sp³-hybridized carbons (Fsp3) is 0.375. The number of nitrogens with one attached hydrogen (secondary N) is 2. The van der Waals surface area contributed by atoms with Gasteiger partial charge in [-0.15, -0.1) is 0 Å². The summed E-state index contributed by atoms with van der Waals surface area (Å²) in [5, 5.41) is 22.2. The van der Waals surface area contributed by atoms with E-state index >= 15 is 0 Å². The molecule has 2 aliphatic carbocycles. The number of rotatable bonds is 9. The van der Waals surface area contributed by atoms with Crippen LogP contribution in [0.3, 0.4) is 0 Å². The van der Waals surface area contributed by atoms with E-state index in [9.17, 15) is 23.2 Å². The highest BCUT2D eigenvalue weighted by Crippen LogP contribution is 2.55. The van der Waals surface area contributed by atoms with Crippen molar-refractivity contribution in [2.24, 2.45) is 11.8 Å². The van der Waals surface area contributed by atoms with E-state index in [1.165, 1.54) is 0 Å². The van der Waals surface area contributed by atoms with Gasteiger partial charge in [-0.3, -0.25) is 4.79 Å². The van der Waals surface area contributed by atoms with Gasteiger partial charge in [-0.1, -0.05) is 48.5 Å². The molecule has 0 heterocycles. The van der Waals surface area contributed by atoms with Crippen molar-refractivity contribution >= 4 is 18.0 Å². The Morgan fingerprint density at radius 3 is 2.18 bits per heavy atom. The lowest BCUT2D eigenvalue weighted by molar-refractivity contribution is -0.142. The SMILES string of the molecule is O=C(NC[C@H]1[C@@H](C(=O)NC(CCO)C(=O)O)C1(F)F)OCC1c2ccccc2-c2ccccc21. The van der Waals surface area contributed by atoms with Crippen LogP contribution in [0.15, 0.2) is 48.5 Å². The number of fused-ring (bicyclic) bond motifs is 3. The lowest BCUT2D eigenvalue weighted by Gasteiger charge is -2.14. The zero-order valence-corrected chi connectivity index (χ0v) is 18.0. The summed E-state index contributed by atoms with van der Waals surface area (Å²) in [6.07, 6.45) is -1.19. The third-order valence-corrected chi connectivity index (χ3v) is 6.33. The van der Waals surface area contributed by atoms with Crippen LogP contribution in [0.5, 0.6) is 0 Å². The summed E-state index contributed by atoms with van der Waals surface area (Å²) in [6, 6.07) is 14.1. The highest BCUT2D eigenvalue weighted by molar-refractivity contribution is 5.88. The number of carbonyl (C=O) groups excluding carboxylic acids is 2. The van der Waals surface area contributed by atoms with E-state index in [4.69, 9.17) is 14.9 Å². The van der Waals surface area contributed by atoms with Crippen LogP contribution < -0.4 is 10.6 Å². The molecule has 8 nitrogen and oxygen atoms in total. The number of benzene rings is 2. The largest absolute Gasteiger partial charge is 0.480 e. The first kappa shape index (κ1) is 23.6. The monoisotopic (exact) mass is 474 g/mol. The highest BCUT2D eigenvalue weighted by Gasteiger charge is 2.71. The molecule has 1 fully saturated rings. The molecule has 1 unspecified atom stereocenters. The van der Waals surface area contributed by atoms with Crippen LogP contribution in [0.1, 0.15) is 23.5 Å². The Morgan fingerprint density at radius 1 is 1.03 bits per heavy atom. The molecule has 10 heteroatoms. The predicted octanol–water partition coefficient (Wildman–Crippen LogP) is 2.36. The second-order valence-corrected chi connectivity index (χ2v) is 8.38. The third-order valence-electron chi connectivity index (χ3n) is 6.33. The minimum atomic E-state index is -3.39. The average Bonchev–Trinajstić information content (AvgIpc) is 3.22. The molecule has 2 aliphatic rings. The molecule has 0 bridgehead atoms. The molecule has 2 aromatic rings. The lowest BCUT2D eigenvalue weighted by atomic mass is 9.98. The Bertz CT molecular complexity index is 1060. The first-order chi connectivity index (χ1) is 16.3. The van der Waals surface area contributed by atoms with E-state index in [2.05, 4.69) is 5.32 Å². The van der Waals surface area contributed by atoms with Gasteiger partial charge in [0.2, 0.25) is 5.91 Å². The van der Waals surface area contributed by atoms with Crippen molar-refractivity contribution in [2.45, 2.75) is 24.3 Å². The molecule has 2 amide bonds. The summed E-state index contributed by atoms with van der Waals surface area (Å²) in [7, 11) is 0. The van der Waals surface area contributed by atoms with Crippen molar-refractivity contribution in [3.05, 3.63) is 59.7 Å². The van der Waals surface area contributed by atoms with Gasteiger partial charge in [-0.25, -0.2) is 18.4 Å². The molecule has 0 spiro atoms. The summed E-state index contributed by atoms with van der Waals surface area (Å²) in [4.78, 5) is 35.4. The maximum absolute atomic E-state index is 14.1. The topological polar surface area (TPSA) is 125 Å². The number of hydrogen-bond donors (Lipinski definition) is 4. The van der Waals surface area contributed by atoms with E-state index in [1.54, 1.807) is 0 Å². The van der Waals surface area contributed by atoms with E-state index in [0.717, 1.165) is 22.3 Å². The van der Waals surface area contributed by atoms with Gasteiger partial charge in [-0.05, 0) is 22.3 Å². The van der Waals surface area contributed by atoms with Crippen LogP contribution >= 0.6 is 0 Å². The van der Waals surface area contributed by atoms with Crippen LogP contribution in [0.25, 0.3) is 11.1 Å². The molecule has 1 saturated carbocycles. The standard InChI is InChI=1S/C24H24F2N2O6/c25-24(26)18(20(24)21(30)28-19(9-10-29)22(31)32)11-27-23(33)34-12-17-15-7-3-1-5-13(15)14-6-2-4-8-16(14)17/h1-8,17-20,29H,9-12H2,(H,27,33)(H,28,30)(H,31,32)/t18-,19?,20-/m0/s1. The normalized spacial score (nSPS) is 20.6. The van der Waals surface area contributed by atoms with Gasteiger partial charge < -0.3 is 25.6 Å². The van der Waals surface area contributed by atoms with Crippen molar-refractivity contribution < 1.29 is 38.1 Å². The van der Waals surface area contributed by atoms with Gasteiger partial charge in [0.1, 0.15) is 18.6 Å². The number of carboxylic acids is 1. The number of hydrogen-bond acceptors (Lipinski definition) is 5. The van der Waals surface area contributed by atoms with Gasteiger partial charge >= 0.3 is 12.1 Å². The predicted molar refractivity (Wildman–Crippen MR) is 116 cm³/mol. The number of aliphatic hydroxyl groups excluding tert-OH is 1. The van der Waals surface area contributed by atoms with E-state index in [-0.39, 0.29) is 18.9 Å². The van der Waals surface area contributed by atoms with Crippen LogP contribution in [0.2, 0.25) is 0 Å². The fourth-order valence-corrected chi connectivity index (χ4v) is 4.49. The number of alkyl halides is 2. The fourth-order valence-electron chi connectivity index (χ4n) is 4.49. The van der Waals surface area contributed by atoms with Gasteiger partial charge in [-0.2, -0.15) is 0 Å². The number of carboxylic acid groups (broad SMARTS) is 1. The smallest absolute Gasteiger partial charge is 0.407 e. The molecule has 0 saturated heterocycles. The number of carbonyl (C=O) groups is 3.